The maximum absolute atomic E-state index is 12.8. The average Bonchev–Trinajstić information content (AvgIpc) is 3.02. The first-order valence-corrected chi connectivity index (χ1v) is 8.59. The van der Waals surface area contributed by atoms with Crippen molar-refractivity contribution in [3.8, 4) is 0 Å². The van der Waals surface area contributed by atoms with Crippen LogP contribution in [0, 0.1) is 6.92 Å². The van der Waals surface area contributed by atoms with E-state index in [1.165, 1.54) is 5.56 Å². The lowest BCUT2D eigenvalue weighted by Gasteiger charge is -2.32. The van der Waals surface area contributed by atoms with Crippen LogP contribution in [0.25, 0.3) is 0 Å². The molecule has 1 unspecified atom stereocenters. The molecule has 6 heteroatoms. The fourth-order valence-corrected chi connectivity index (χ4v) is 3.37. The molecule has 0 bridgehead atoms. The largest absolute Gasteiger partial charge is 0.373 e. The maximum Gasteiger partial charge on any atom is 0.274 e. The number of nitrogens with one attached hydrogen (secondary N) is 1. The van der Waals surface area contributed by atoms with Crippen molar-refractivity contribution in [3.05, 3.63) is 41.3 Å². The molecule has 2 aromatic heterocycles. The summed E-state index contributed by atoms with van der Waals surface area (Å²) >= 11 is 0. The highest BCUT2D eigenvalue weighted by Gasteiger charge is 2.27. The summed E-state index contributed by atoms with van der Waals surface area (Å²) in [5.41, 5.74) is 2.82. The zero-order valence-corrected chi connectivity index (χ0v) is 14.6. The lowest BCUT2D eigenvalue weighted by Crippen LogP contribution is -2.39. The van der Waals surface area contributed by atoms with Gasteiger partial charge in [-0.2, -0.15) is 5.10 Å². The summed E-state index contributed by atoms with van der Waals surface area (Å²) < 4.78 is 1.87. The fraction of sp³-hybridized carbons (Fsp3) is 0.500. The number of anilines is 1. The monoisotopic (exact) mass is 327 g/mol. The van der Waals surface area contributed by atoms with Gasteiger partial charge in [0.2, 0.25) is 0 Å². The smallest absolute Gasteiger partial charge is 0.274 e. The van der Waals surface area contributed by atoms with Crippen molar-refractivity contribution in [3.63, 3.8) is 0 Å². The normalized spacial score (nSPS) is 17.8. The summed E-state index contributed by atoms with van der Waals surface area (Å²) in [6, 6.07) is 6.02. The van der Waals surface area contributed by atoms with E-state index in [1.807, 2.05) is 42.7 Å². The number of carbonyl (C=O) groups is 1. The minimum atomic E-state index is 0.0397. The van der Waals surface area contributed by atoms with Gasteiger partial charge in [0.1, 0.15) is 5.82 Å². The summed E-state index contributed by atoms with van der Waals surface area (Å²) in [5, 5.41) is 7.51. The summed E-state index contributed by atoms with van der Waals surface area (Å²) in [4.78, 5) is 19.0. The van der Waals surface area contributed by atoms with Crippen molar-refractivity contribution in [1.29, 1.82) is 0 Å². The molecule has 3 heterocycles. The van der Waals surface area contributed by atoms with Crippen LogP contribution in [-0.4, -0.2) is 45.7 Å². The molecule has 1 N–H and O–H groups in total. The summed E-state index contributed by atoms with van der Waals surface area (Å²) in [6.07, 6.45) is 3.94. The van der Waals surface area contributed by atoms with Crippen molar-refractivity contribution >= 4 is 11.7 Å². The first kappa shape index (κ1) is 16.5. The number of amides is 1. The van der Waals surface area contributed by atoms with Crippen LogP contribution in [0.5, 0.6) is 0 Å². The van der Waals surface area contributed by atoms with Gasteiger partial charge in [0.15, 0.2) is 5.69 Å². The Kier molecular flexibility index (Phi) is 4.83. The molecule has 128 valence electrons. The van der Waals surface area contributed by atoms with Crippen LogP contribution in [0.15, 0.2) is 24.4 Å². The molecule has 2 aromatic rings. The van der Waals surface area contributed by atoms with Gasteiger partial charge in [-0.1, -0.05) is 0 Å². The molecule has 3 rings (SSSR count). The van der Waals surface area contributed by atoms with Gasteiger partial charge in [-0.05, 0) is 50.5 Å². The predicted octanol–water partition coefficient (Wildman–Crippen LogP) is 2.67. The molecule has 1 atom stereocenters. The zero-order chi connectivity index (χ0) is 17.1. The Morgan fingerprint density at radius 3 is 2.96 bits per heavy atom. The molecule has 0 aromatic carbocycles. The first-order chi connectivity index (χ1) is 11.6. The minimum Gasteiger partial charge on any atom is -0.373 e. The van der Waals surface area contributed by atoms with Crippen LogP contribution in [-0.2, 0) is 6.54 Å². The summed E-state index contributed by atoms with van der Waals surface area (Å²) in [6.45, 7) is 6.35. The van der Waals surface area contributed by atoms with Crippen LogP contribution in [0.1, 0.15) is 47.4 Å². The van der Waals surface area contributed by atoms with Crippen LogP contribution in [0.4, 0.5) is 5.82 Å². The fourth-order valence-electron chi connectivity index (χ4n) is 3.37. The molecule has 0 saturated carbocycles. The quantitative estimate of drug-likeness (QED) is 0.938. The van der Waals surface area contributed by atoms with E-state index < -0.39 is 0 Å². The number of hydrogen-bond donors (Lipinski definition) is 1. The van der Waals surface area contributed by atoms with Gasteiger partial charge in [0, 0.05) is 44.5 Å². The molecule has 1 fully saturated rings. The van der Waals surface area contributed by atoms with E-state index in [-0.39, 0.29) is 5.91 Å². The molecule has 24 heavy (non-hydrogen) atoms. The second-order valence-electron chi connectivity index (χ2n) is 6.30. The Morgan fingerprint density at radius 1 is 1.42 bits per heavy atom. The molecule has 1 saturated heterocycles. The van der Waals surface area contributed by atoms with Crippen LogP contribution >= 0.6 is 0 Å². The number of nitrogens with zero attached hydrogens (tertiary/aromatic N) is 4. The lowest BCUT2D eigenvalue weighted by molar-refractivity contribution is 0.0700. The second kappa shape index (κ2) is 7.03. The van der Waals surface area contributed by atoms with Gasteiger partial charge in [0.05, 0.1) is 0 Å². The van der Waals surface area contributed by atoms with Crippen LogP contribution in [0.2, 0.25) is 0 Å². The molecule has 0 aliphatic carbocycles. The van der Waals surface area contributed by atoms with E-state index in [2.05, 4.69) is 27.5 Å². The Labute approximate surface area is 142 Å². The van der Waals surface area contributed by atoms with E-state index in [0.29, 0.717) is 11.6 Å². The molecule has 1 aliphatic rings. The molecule has 0 spiro atoms. The number of pyridine rings is 1. The number of rotatable bonds is 4. The Bertz CT molecular complexity index is 724. The van der Waals surface area contributed by atoms with Crippen LogP contribution in [0.3, 0.4) is 0 Å². The van der Waals surface area contributed by atoms with E-state index in [4.69, 9.17) is 0 Å². The number of piperidine rings is 1. The molecule has 1 aliphatic heterocycles. The number of aromatic nitrogens is 3. The highest BCUT2D eigenvalue weighted by atomic mass is 16.2. The standard InChI is InChI=1S/C18H25N5O/c1-4-23-13(2)10-16(21-23)18(24)22-9-5-6-15(12-22)14-7-8-20-17(11-14)19-3/h7-8,10-11,15H,4-6,9,12H2,1-3H3,(H,19,20). The van der Waals surface area contributed by atoms with Gasteiger partial charge < -0.3 is 10.2 Å². The second-order valence-corrected chi connectivity index (χ2v) is 6.30. The van der Waals surface area contributed by atoms with Crippen molar-refractivity contribution in [2.24, 2.45) is 0 Å². The van der Waals surface area contributed by atoms with Crippen molar-refractivity contribution < 1.29 is 4.79 Å². The van der Waals surface area contributed by atoms with Crippen molar-refractivity contribution in [2.75, 3.05) is 25.5 Å². The molecule has 1 amide bonds. The van der Waals surface area contributed by atoms with Gasteiger partial charge in [-0.25, -0.2) is 4.98 Å². The van der Waals surface area contributed by atoms with Gasteiger partial charge in [-0.15, -0.1) is 0 Å². The number of hydrogen-bond acceptors (Lipinski definition) is 4. The predicted molar refractivity (Wildman–Crippen MR) is 94.3 cm³/mol. The van der Waals surface area contributed by atoms with E-state index >= 15 is 0 Å². The zero-order valence-electron chi connectivity index (χ0n) is 14.6. The van der Waals surface area contributed by atoms with Gasteiger partial charge in [0.25, 0.3) is 5.91 Å². The third-order valence-electron chi connectivity index (χ3n) is 4.72. The number of carbonyl (C=O) groups excluding carboxylic acids is 1. The summed E-state index contributed by atoms with van der Waals surface area (Å²) in [7, 11) is 1.87. The van der Waals surface area contributed by atoms with E-state index in [1.54, 1.807) is 0 Å². The third-order valence-corrected chi connectivity index (χ3v) is 4.72. The lowest BCUT2D eigenvalue weighted by atomic mass is 9.91. The number of likely N-dealkylation sites (tertiary alicyclic amines) is 1. The Balaban J connectivity index is 1.75. The SMILES string of the molecule is CCn1nc(C(=O)N2CCCC(c3ccnc(NC)c3)C2)cc1C. The molecular formula is C18H25N5O. The first-order valence-electron chi connectivity index (χ1n) is 8.59. The molecule has 0 radical (unpaired) electrons. The van der Waals surface area contributed by atoms with Gasteiger partial charge in [-0.3, -0.25) is 9.48 Å². The molecule has 6 nitrogen and oxygen atoms in total. The van der Waals surface area contributed by atoms with Crippen molar-refractivity contribution in [1.82, 2.24) is 19.7 Å². The maximum atomic E-state index is 12.8. The highest BCUT2D eigenvalue weighted by Crippen LogP contribution is 2.28. The Hall–Kier alpha value is -2.37. The summed E-state index contributed by atoms with van der Waals surface area (Å²) in [5.74, 6) is 1.26. The molecular weight excluding hydrogens is 302 g/mol. The van der Waals surface area contributed by atoms with E-state index in [0.717, 1.165) is 44.0 Å². The topological polar surface area (TPSA) is 63.1 Å². The Morgan fingerprint density at radius 2 is 2.25 bits per heavy atom. The minimum absolute atomic E-state index is 0.0397. The third kappa shape index (κ3) is 3.27. The van der Waals surface area contributed by atoms with Crippen LogP contribution < -0.4 is 5.32 Å². The van der Waals surface area contributed by atoms with Crippen molar-refractivity contribution in [2.45, 2.75) is 39.2 Å². The average molecular weight is 327 g/mol. The highest BCUT2D eigenvalue weighted by molar-refractivity contribution is 5.92. The van der Waals surface area contributed by atoms with Gasteiger partial charge >= 0.3 is 0 Å². The van der Waals surface area contributed by atoms with E-state index in [9.17, 15) is 4.79 Å². The number of aryl methyl sites for hydroxylation is 2.